The molecule has 0 amide bonds. The molecule has 1 unspecified atom stereocenters. The van der Waals surface area contributed by atoms with Crippen LogP contribution in [0.2, 0.25) is 0 Å². The summed E-state index contributed by atoms with van der Waals surface area (Å²) in [4.78, 5) is 17.2. The first kappa shape index (κ1) is 33.4. The summed E-state index contributed by atoms with van der Waals surface area (Å²) in [6.07, 6.45) is 26.4. The zero-order valence-electron chi connectivity index (χ0n) is 26.2. The molecule has 1 aromatic heterocycles. The first-order valence-electron chi connectivity index (χ1n) is 17.1. The highest BCUT2D eigenvalue weighted by Crippen LogP contribution is 2.27. The quantitative estimate of drug-likeness (QED) is 0.0975. The van der Waals surface area contributed by atoms with Crippen molar-refractivity contribution in [1.29, 1.82) is 0 Å². The van der Waals surface area contributed by atoms with Gasteiger partial charge in [0.05, 0.1) is 5.69 Å². The first-order chi connectivity index (χ1) is 19.1. The smallest absolute Gasteiger partial charge is 0.182 e. The minimum Gasteiger partial charge on any atom is -0.382 e. The second kappa shape index (κ2) is 21.0. The average molecular weight is 539 g/mol. The molecule has 39 heavy (non-hydrogen) atoms. The monoisotopic (exact) mass is 538 g/mol. The van der Waals surface area contributed by atoms with Crippen LogP contribution < -0.4 is 5.32 Å². The number of hydrogen-bond donors (Lipinski definition) is 2. The fourth-order valence-corrected chi connectivity index (χ4v) is 5.95. The summed E-state index contributed by atoms with van der Waals surface area (Å²) in [5, 5.41) is 5.03. The molecule has 0 aliphatic carbocycles. The van der Waals surface area contributed by atoms with Crippen molar-refractivity contribution in [3.63, 3.8) is 0 Å². The van der Waals surface area contributed by atoms with Crippen LogP contribution in [0.15, 0.2) is 24.3 Å². The van der Waals surface area contributed by atoms with E-state index in [4.69, 9.17) is 0 Å². The van der Waals surface area contributed by atoms with E-state index in [1.807, 2.05) is 0 Å². The molecule has 0 aliphatic rings. The molecule has 3 heteroatoms. The number of rotatable bonds is 25. The summed E-state index contributed by atoms with van der Waals surface area (Å²) in [5.41, 5.74) is 3.09. The Balaban J connectivity index is 2.06. The van der Waals surface area contributed by atoms with Gasteiger partial charge in [-0.3, -0.25) is 4.79 Å². The Morgan fingerprint density at radius 2 is 1.13 bits per heavy atom. The van der Waals surface area contributed by atoms with Crippen molar-refractivity contribution in [2.45, 2.75) is 169 Å². The number of hydrogen-bond acceptors (Lipinski definition) is 2. The predicted octanol–water partition coefficient (Wildman–Crippen LogP) is 12.0. The van der Waals surface area contributed by atoms with Crippen LogP contribution in [0.1, 0.15) is 173 Å². The number of anilines is 1. The Bertz CT molecular complexity index is 873. The molecule has 2 N–H and O–H groups in total. The highest BCUT2D eigenvalue weighted by Gasteiger charge is 2.21. The molecule has 1 heterocycles. The molecule has 2 aromatic rings. The number of benzene rings is 1. The maximum atomic E-state index is 13.6. The predicted molar refractivity (Wildman–Crippen MR) is 173 cm³/mol. The van der Waals surface area contributed by atoms with E-state index in [1.165, 1.54) is 128 Å². The van der Waals surface area contributed by atoms with E-state index in [1.54, 1.807) is 0 Å². The van der Waals surface area contributed by atoms with Crippen molar-refractivity contribution in [1.82, 2.24) is 4.98 Å². The molecular weight excluding hydrogens is 476 g/mol. The van der Waals surface area contributed by atoms with Gasteiger partial charge in [0, 0.05) is 28.6 Å². The Labute approximate surface area is 241 Å². The number of aromatic amines is 1. The Morgan fingerprint density at radius 1 is 0.641 bits per heavy atom. The number of H-pyrrole nitrogens is 1. The molecule has 222 valence electrons. The number of aromatic nitrogens is 1. The second-order valence-electron chi connectivity index (χ2n) is 12.1. The molecular formula is C36H62N2O. The third-order valence-electron chi connectivity index (χ3n) is 8.50. The van der Waals surface area contributed by atoms with Gasteiger partial charge in [-0.1, -0.05) is 143 Å². The van der Waals surface area contributed by atoms with Gasteiger partial charge in [0.15, 0.2) is 5.78 Å². The maximum absolute atomic E-state index is 13.6. The van der Waals surface area contributed by atoms with Gasteiger partial charge < -0.3 is 10.3 Å². The zero-order valence-corrected chi connectivity index (χ0v) is 26.2. The average Bonchev–Trinajstić information content (AvgIpc) is 3.37. The first-order valence-corrected chi connectivity index (χ1v) is 17.1. The van der Waals surface area contributed by atoms with Crippen molar-refractivity contribution in [2.75, 3.05) is 5.32 Å². The van der Waals surface area contributed by atoms with Crippen LogP contribution in [0.3, 0.4) is 0 Å². The van der Waals surface area contributed by atoms with Crippen molar-refractivity contribution in [3.8, 4) is 0 Å². The molecule has 2 rings (SSSR count). The highest BCUT2D eigenvalue weighted by molar-refractivity contribution is 6.01. The van der Waals surface area contributed by atoms with Crippen molar-refractivity contribution in [2.24, 2.45) is 5.92 Å². The van der Waals surface area contributed by atoms with Gasteiger partial charge in [-0.05, 0) is 43.9 Å². The molecule has 1 aromatic carbocycles. The number of carbonyl (C=O) groups is 1. The summed E-state index contributed by atoms with van der Waals surface area (Å²) < 4.78 is 0. The second-order valence-corrected chi connectivity index (χ2v) is 12.1. The summed E-state index contributed by atoms with van der Waals surface area (Å²) in [6.45, 7) is 9.08. The van der Waals surface area contributed by atoms with Gasteiger partial charge >= 0.3 is 0 Å². The van der Waals surface area contributed by atoms with Crippen molar-refractivity contribution in [3.05, 3.63) is 30.0 Å². The molecule has 0 bridgehead atoms. The van der Waals surface area contributed by atoms with Gasteiger partial charge in [-0.15, -0.1) is 0 Å². The van der Waals surface area contributed by atoms with Gasteiger partial charge in [0.2, 0.25) is 0 Å². The third kappa shape index (κ3) is 13.4. The SMILES string of the molecule is CCCCCCCC(CCCCCC)Nc1ccc2cc(C(=O)C(CCCCCC)CCCCCC)[nH]c2c1. The molecule has 0 aliphatic heterocycles. The van der Waals surface area contributed by atoms with Crippen molar-refractivity contribution >= 4 is 22.4 Å². The van der Waals surface area contributed by atoms with Gasteiger partial charge in [0.25, 0.3) is 0 Å². The lowest BCUT2D eigenvalue weighted by atomic mass is 9.89. The molecule has 0 saturated carbocycles. The normalized spacial score (nSPS) is 12.4. The zero-order chi connectivity index (χ0) is 28.1. The summed E-state index contributed by atoms with van der Waals surface area (Å²) in [7, 11) is 0. The fraction of sp³-hybridized carbons (Fsp3) is 0.750. The lowest BCUT2D eigenvalue weighted by Gasteiger charge is -2.20. The van der Waals surface area contributed by atoms with Crippen LogP contribution >= 0.6 is 0 Å². The minimum atomic E-state index is 0.157. The Kier molecular flexibility index (Phi) is 18.0. The molecule has 0 saturated heterocycles. The van der Waals surface area contributed by atoms with Crippen LogP contribution in [-0.4, -0.2) is 16.8 Å². The molecule has 1 atom stereocenters. The van der Waals surface area contributed by atoms with Crippen LogP contribution in [-0.2, 0) is 0 Å². The summed E-state index contributed by atoms with van der Waals surface area (Å²) in [5.74, 6) is 0.485. The third-order valence-corrected chi connectivity index (χ3v) is 8.50. The number of carbonyl (C=O) groups excluding carboxylic acids is 1. The van der Waals surface area contributed by atoms with Crippen LogP contribution in [0, 0.1) is 5.92 Å². The van der Waals surface area contributed by atoms with E-state index >= 15 is 0 Å². The van der Waals surface area contributed by atoms with Crippen LogP contribution in [0.4, 0.5) is 5.69 Å². The van der Waals surface area contributed by atoms with E-state index in [0.29, 0.717) is 11.8 Å². The van der Waals surface area contributed by atoms with E-state index < -0.39 is 0 Å². The van der Waals surface area contributed by atoms with Gasteiger partial charge in [0.1, 0.15) is 0 Å². The van der Waals surface area contributed by atoms with E-state index in [0.717, 1.165) is 29.4 Å². The lowest BCUT2D eigenvalue weighted by Crippen LogP contribution is -2.19. The largest absolute Gasteiger partial charge is 0.382 e. The van der Waals surface area contributed by atoms with E-state index in [9.17, 15) is 4.79 Å². The number of Topliss-reactive ketones (excluding diaryl/α,β-unsaturated/α-hetero) is 1. The van der Waals surface area contributed by atoms with Crippen LogP contribution in [0.5, 0.6) is 0 Å². The summed E-state index contributed by atoms with van der Waals surface area (Å²) >= 11 is 0. The number of fused-ring (bicyclic) bond motifs is 1. The van der Waals surface area contributed by atoms with Gasteiger partial charge in [-0.2, -0.15) is 0 Å². The maximum Gasteiger partial charge on any atom is 0.182 e. The minimum absolute atomic E-state index is 0.157. The van der Waals surface area contributed by atoms with Gasteiger partial charge in [-0.25, -0.2) is 0 Å². The number of unbranched alkanes of at least 4 members (excludes halogenated alkanes) is 13. The molecule has 0 fully saturated rings. The lowest BCUT2D eigenvalue weighted by molar-refractivity contribution is 0.0897. The fourth-order valence-electron chi connectivity index (χ4n) is 5.95. The highest BCUT2D eigenvalue weighted by atomic mass is 16.1. The van der Waals surface area contributed by atoms with E-state index in [2.05, 4.69) is 62.3 Å². The Hall–Kier alpha value is -1.77. The van der Waals surface area contributed by atoms with Crippen molar-refractivity contribution < 1.29 is 4.79 Å². The van der Waals surface area contributed by atoms with Crippen LogP contribution in [0.25, 0.3) is 10.9 Å². The molecule has 3 nitrogen and oxygen atoms in total. The topological polar surface area (TPSA) is 44.9 Å². The summed E-state index contributed by atoms with van der Waals surface area (Å²) in [6, 6.07) is 9.28. The number of ketones is 1. The Morgan fingerprint density at radius 3 is 1.67 bits per heavy atom. The molecule has 0 radical (unpaired) electrons. The standard InChI is InChI=1S/C36H62N2O/c1-5-9-13-17-21-25-32(24-20-16-12-8-4)37-33-27-26-31-28-35(38-34(31)29-33)36(39)30(22-18-14-10-6-2)23-19-15-11-7-3/h26-30,32,37-38H,5-25H2,1-4H3. The molecule has 0 spiro atoms. The number of nitrogens with one attached hydrogen (secondary N) is 2. The van der Waals surface area contributed by atoms with E-state index in [-0.39, 0.29) is 5.92 Å².